The third-order valence-electron chi connectivity index (χ3n) is 4.25. The third kappa shape index (κ3) is 2.96. The Hall–Kier alpha value is -0.120. The zero-order valence-electron chi connectivity index (χ0n) is 10.1. The van der Waals surface area contributed by atoms with Gasteiger partial charge >= 0.3 is 0 Å². The normalized spacial score (nSPS) is 36.8. The standard InChI is InChI=1S/C13H25NO2/c15-10-2-4-11-3-1-9-14(11)12-5-7-13(16)8-6-12/h11-13,15-16H,1-10H2. The second-order valence-corrected chi connectivity index (χ2v) is 5.36. The molecule has 0 amide bonds. The van der Waals surface area contributed by atoms with Crippen molar-refractivity contribution in [1.82, 2.24) is 4.90 Å². The Balaban J connectivity index is 1.82. The fraction of sp³-hybridized carbons (Fsp3) is 1.00. The van der Waals surface area contributed by atoms with Crippen LogP contribution in [-0.2, 0) is 0 Å². The Morgan fingerprint density at radius 1 is 1.06 bits per heavy atom. The van der Waals surface area contributed by atoms with E-state index in [1.165, 1.54) is 19.4 Å². The smallest absolute Gasteiger partial charge is 0.0541 e. The van der Waals surface area contributed by atoms with Crippen molar-refractivity contribution < 1.29 is 10.2 Å². The second-order valence-electron chi connectivity index (χ2n) is 5.36. The van der Waals surface area contributed by atoms with Crippen LogP contribution in [0.15, 0.2) is 0 Å². The van der Waals surface area contributed by atoms with Gasteiger partial charge in [0.25, 0.3) is 0 Å². The molecule has 1 aliphatic heterocycles. The van der Waals surface area contributed by atoms with Crippen molar-refractivity contribution in [3.8, 4) is 0 Å². The maximum absolute atomic E-state index is 9.53. The molecule has 2 aliphatic rings. The van der Waals surface area contributed by atoms with Gasteiger partial charge in [0.15, 0.2) is 0 Å². The van der Waals surface area contributed by atoms with Crippen LogP contribution in [0.4, 0.5) is 0 Å². The molecule has 0 aromatic carbocycles. The highest BCUT2D eigenvalue weighted by molar-refractivity contribution is 4.87. The van der Waals surface area contributed by atoms with Crippen molar-refractivity contribution in [3.63, 3.8) is 0 Å². The lowest BCUT2D eigenvalue weighted by Crippen LogP contribution is -2.42. The van der Waals surface area contributed by atoms with Crippen LogP contribution >= 0.6 is 0 Å². The van der Waals surface area contributed by atoms with E-state index in [4.69, 9.17) is 5.11 Å². The van der Waals surface area contributed by atoms with E-state index in [2.05, 4.69) is 4.90 Å². The molecule has 94 valence electrons. The molecular weight excluding hydrogens is 202 g/mol. The average Bonchev–Trinajstić information content (AvgIpc) is 2.75. The number of aliphatic hydroxyl groups excluding tert-OH is 2. The number of likely N-dealkylation sites (tertiary alicyclic amines) is 1. The minimum atomic E-state index is -0.0465. The molecule has 3 heteroatoms. The van der Waals surface area contributed by atoms with E-state index in [-0.39, 0.29) is 6.10 Å². The van der Waals surface area contributed by atoms with Gasteiger partial charge in [-0.3, -0.25) is 4.90 Å². The van der Waals surface area contributed by atoms with Crippen LogP contribution in [0.3, 0.4) is 0 Å². The lowest BCUT2D eigenvalue weighted by molar-refractivity contribution is 0.0650. The molecule has 1 atom stereocenters. The summed E-state index contributed by atoms with van der Waals surface area (Å²) < 4.78 is 0. The Bertz CT molecular complexity index is 202. The highest BCUT2D eigenvalue weighted by Gasteiger charge is 2.32. The first-order valence-electron chi connectivity index (χ1n) is 6.86. The van der Waals surface area contributed by atoms with Gasteiger partial charge in [-0.1, -0.05) is 0 Å². The van der Waals surface area contributed by atoms with Gasteiger partial charge in [-0.15, -0.1) is 0 Å². The molecule has 2 rings (SSSR count). The first kappa shape index (κ1) is 12.3. The molecule has 1 heterocycles. The van der Waals surface area contributed by atoms with Gasteiger partial charge in [-0.25, -0.2) is 0 Å². The van der Waals surface area contributed by atoms with Gasteiger partial charge in [0.05, 0.1) is 6.10 Å². The summed E-state index contributed by atoms with van der Waals surface area (Å²) in [6, 6.07) is 1.40. The zero-order chi connectivity index (χ0) is 11.4. The van der Waals surface area contributed by atoms with Crippen molar-refractivity contribution in [2.75, 3.05) is 13.2 Å². The molecule has 1 saturated heterocycles. The maximum Gasteiger partial charge on any atom is 0.0541 e. The van der Waals surface area contributed by atoms with Gasteiger partial charge in [0.2, 0.25) is 0 Å². The summed E-state index contributed by atoms with van der Waals surface area (Å²) >= 11 is 0. The number of hydrogen-bond acceptors (Lipinski definition) is 3. The van der Waals surface area contributed by atoms with Gasteiger partial charge in [-0.05, 0) is 57.9 Å². The van der Waals surface area contributed by atoms with Crippen molar-refractivity contribution in [3.05, 3.63) is 0 Å². The van der Waals surface area contributed by atoms with Crippen LogP contribution in [0.2, 0.25) is 0 Å². The molecule has 1 saturated carbocycles. The number of aliphatic hydroxyl groups is 2. The first-order valence-corrected chi connectivity index (χ1v) is 6.86. The summed E-state index contributed by atoms with van der Waals surface area (Å²) in [6.45, 7) is 1.56. The van der Waals surface area contributed by atoms with E-state index < -0.39 is 0 Å². The van der Waals surface area contributed by atoms with Gasteiger partial charge in [-0.2, -0.15) is 0 Å². The molecule has 0 spiro atoms. The number of rotatable bonds is 4. The summed E-state index contributed by atoms with van der Waals surface area (Å²) in [5.41, 5.74) is 0. The lowest BCUT2D eigenvalue weighted by atomic mass is 9.91. The molecular formula is C13H25NO2. The molecule has 1 aliphatic carbocycles. The van der Waals surface area contributed by atoms with Crippen molar-refractivity contribution in [2.24, 2.45) is 0 Å². The molecule has 0 aromatic heterocycles. The van der Waals surface area contributed by atoms with Gasteiger partial charge in [0, 0.05) is 18.7 Å². The van der Waals surface area contributed by atoms with Crippen molar-refractivity contribution in [2.45, 2.75) is 69.6 Å². The van der Waals surface area contributed by atoms with E-state index in [1.807, 2.05) is 0 Å². The second kappa shape index (κ2) is 5.99. The highest BCUT2D eigenvalue weighted by Crippen LogP contribution is 2.30. The topological polar surface area (TPSA) is 43.7 Å². The molecule has 0 radical (unpaired) electrons. The summed E-state index contributed by atoms with van der Waals surface area (Å²) in [6.07, 6.45) is 8.95. The molecule has 3 nitrogen and oxygen atoms in total. The van der Waals surface area contributed by atoms with E-state index in [0.29, 0.717) is 18.7 Å². The zero-order valence-corrected chi connectivity index (χ0v) is 10.1. The SMILES string of the molecule is OCCCC1CCCN1C1CCC(O)CC1. The van der Waals surface area contributed by atoms with Crippen molar-refractivity contribution >= 4 is 0 Å². The highest BCUT2D eigenvalue weighted by atomic mass is 16.3. The fourth-order valence-electron chi connectivity index (χ4n) is 3.37. The Morgan fingerprint density at radius 3 is 2.50 bits per heavy atom. The van der Waals surface area contributed by atoms with E-state index in [9.17, 15) is 5.11 Å². The summed E-state index contributed by atoms with van der Waals surface area (Å²) in [4.78, 5) is 2.65. The summed E-state index contributed by atoms with van der Waals surface area (Å²) in [5.74, 6) is 0. The molecule has 0 aromatic rings. The monoisotopic (exact) mass is 227 g/mol. The van der Waals surface area contributed by atoms with Crippen molar-refractivity contribution in [1.29, 1.82) is 0 Å². The van der Waals surface area contributed by atoms with E-state index in [0.717, 1.165) is 38.5 Å². The van der Waals surface area contributed by atoms with Crippen LogP contribution in [-0.4, -0.2) is 46.5 Å². The lowest BCUT2D eigenvalue weighted by Gasteiger charge is -2.36. The summed E-state index contributed by atoms with van der Waals surface area (Å²) in [7, 11) is 0. The van der Waals surface area contributed by atoms with Crippen LogP contribution in [0.1, 0.15) is 51.4 Å². The van der Waals surface area contributed by atoms with E-state index >= 15 is 0 Å². The van der Waals surface area contributed by atoms with Gasteiger partial charge < -0.3 is 10.2 Å². The largest absolute Gasteiger partial charge is 0.396 e. The van der Waals surface area contributed by atoms with Crippen LogP contribution < -0.4 is 0 Å². The molecule has 1 unspecified atom stereocenters. The van der Waals surface area contributed by atoms with E-state index in [1.54, 1.807) is 0 Å². The molecule has 2 N–H and O–H groups in total. The number of hydrogen-bond donors (Lipinski definition) is 2. The Labute approximate surface area is 98.5 Å². The third-order valence-corrected chi connectivity index (χ3v) is 4.25. The van der Waals surface area contributed by atoms with Crippen LogP contribution in [0.5, 0.6) is 0 Å². The average molecular weight is 227 g/mol. The Morgan fingerprint density at radius 2 is 1.81 bits per heavy atom. The van der Waals surface area contributed by atoms with Crippen LogP contribution in [0.25, 0.3) is 0 Å². The predicted octanol–water partition coefficient (Wildman–Crippen LogP) is 1.53. The minimum absolute atomic E-state index is 0.0465. The predicted molar refractivity (Wildman–Crippen MR) is 64.3 cm³/mol. The fourth-order valence-corrected chi connectivity index (χ4v) is 3.37. The molecule has 2 fully saturated rings. The Kier molecular flexibility index (Phi) is 4.62. The molecule has 0 bridgehead atoms. The number of nitrogens with zero attached hydrogens (tertiary/aromatic N) is 1. The summed E-state index contributed by atoms with van der Waals surface area (Å²) in [5, 5.41) is 18.4. The van der Waals surface area contributed by atoms with Crippen LogP contribution in [0, 0.1) is 0 Å². The maximum atomic E-state index is 9.53. The quantitative estimate of drug-likeness (QED) is 0.765. The first-order chi connectivity index (χ1) is 7.81. The van der Waals surface area contributed by atoms with Gasteiger partial charge in [0.1, 0.15) is 0 Å². The molecule has 16 heavy (non-hydrogen) atoms. The minimum Gasteiger partial charge on any atom is -0.396 e.